The van der Waals surface area contributed by atoms with Crippen molar-refractivity contribution in [1.29, 1.82) is 0 Å². The van der Waals surface area contributed by atoms with Crippen molar-refractivity contribution in [3.05, 3.63) is 58.5 Å². The van der Waals surface area contributed by atoms with E-state index in [1.165, 1.54) is 28.7 Å². The van der Waals surface area contributed by atoms with E-state index in [4.69, 9.17) is 0 Å². The van der Waals surface area contributed by atoms with Crippen molar-refractivity contribution in [3.63, 3.8) is 0 Å². The maximum Gasteiger partial charge on any atom is 0.345 e. The first-order valence-electron chi connectivity index (χ1n) is 7.28. The van der Waals surface area contributed by atoms with Crippen LogP contribution in [0.3, 0.4) is 0 Å². The van der Waals surface area contributed by atoms with E-state index in [2.05, 4.69) is 9.97 Å². The van der Waals surface area contributed by atoms with Gasteiger partial charge in [0.25, 0.3) is 0 Å². The molecule has 1 aliphatic heterocycles. The summed E-state index contributed by atoms with van der Waals surface area (Å²) in [5, 5.41) is 0. The maximum absolute atomic E-state index is 13.9. The molecule has 3 rings (SSSR count). The van der Waals surface area contributed by atoms with Crippen LogP contribution in [0.2, 0.25) is 0 Å². The molecule has 8 heteroatoms. The number of H-pyrrole nitrogens is 1. The molecule has 0 aliphatic carbocycles. The van der Waals surface area contributed by atoms with Crippen LogP contribution in [0.4, 0.5) is 4.39 Å². The highest BCUT2D eigenvalue weighted by atomic mass is 32.2. The fourth-order valence-corrected chi connectivity index (χ4v) is 4.42. The third-order valence-corrected chi connectivity index (χ3v) is 5.87. The van der Waals surface area contributed by atoms with E-state index in [0.717, 1.165) is 12.5 Å². The summed E-state index contributed by atoms with van der Waals surface area (Å²) in [7, 11) is -3.89. The summed E-state index contributed by atoms with van der Waals surface area (Å²) in [5.74, 6) is -0.895. The molecule has 0 unspecified atom stereocenters. The number of rotatable bonds is 3. The zero-order valence-electron chi connectivity index (χ0n) is 12.3. The number of benzene rings is 1. The molecule has 0 amide bonds. The Kier molecular flexibility index (Phi) is 4.27. The lowest BCUT2D eigenvalue weighted by molar-refractivity contribution is 0.311. The van der Waals surface area contributed by atoms with Crippen LogP contribution < -0.4 is 5.69 Å². The monoisotopic (exact) mass is 337 g/mol. The topological polar surface area (TPSA) is 83.1 Å². The normalized spacial score (nSPS) is 19.6. The second-order valence-corrected chi connectivity index (χ2v) is 7.37. The van der Waals surface area contributed by atoms with Crippen LogP contribution in [0, 0.1) is 5.82 Å². The van der Waals surface area contributed by atoms with Gasteiger partial charge < -0.3 is 4.98 Å². The molecule has 0 radical (unpaired) electrons. The number of hydrogen-bond acceptors (Lipinski definition) is 4. The highest BCUT2D eigenvalue weighted by molar-refractivity contribution is 7.89. The third kappa shape index (κ3) is 3.18. The van der Waals surface area contributed by atoms with Gasteiger partial charge in [0.15, 0.2) is 0 Å². The van der Waals surface area contributed by atoms with Gasteiger partial charge in [0.2, 0.25) is 10.0 Å². The Morgan fingerprint density at radius 1 is 1.26 bits per heavy atom. The Morgan fingerprint density at radius 3 is 2.78 bits per heavy atom. The van der Waals surface area contributed by atoms with E-state index < -0.39 is 21.5 Å². The first kappa shape index (κ1) is 15.8. The summed E-state index contributed by atoms with van der Waals surface area (Å²) in [6, 6.07) is 7.02. The van der Waals surface area contributed by atoms with E-state index >= 15 is 0 Å². The quantitative estimate of drug-likeness (QED) is 0.919. The van der Waals surface area contributed by atoms with Crippen molar-refractivity contribution in [2.75, 3.05) is 13.1 Å². The maximum atomic E-state index is 13.9. The minimum absolute atomic E-state index is 0.138. The number of nitrogens with zero attached hydrogens (tertiary/aromatic N) is 2. The SMILES string of the molecule is O=c1nccc([C@H]2CCCN(S(=O)(=O)c3ccccc3F)C2)[nH]1. The molecular formula is C15H16FN3O3S. The minimum Gasteiger partial charge on any atom is -0.309 e. The van der Waals surface area contributed by atoms with Crippen molar-refractivity contribution in [1.82, 2.24) is 14.3 Å². The number of hydrogen-bond donors (Lipinski definition) is 1. The van der Waals surface area contributed by atoms with E-state index in [0.29, 0.717) is 18.7 Å². The fraction of sp³-hybridized carbons (Fsp3) is 0.333. The fourth-order valence-electron chi connectivity index (χ4n) is 2.83. The van der Waals surface area contributed by atoms with E-state index in [1.807, 2.05) is 0 Å². The first-order valence-corrected chi connectivity index (χ1v) is 8.72. The Balaban J connectivity index is 1.89. The minimum atomic E-state index is -3.89. The molecule has 23 heavy (non-hydrogen) atoms. The summed E-state index contributed by atoms with van der Waals surface area (Å²) in [6.45, 7) is 0.541. The average molecular weight is 337 g/mol. The molecule has 2 aromatic rings. The van der Waals surface area contributed by atoms with Crippen molar-refractivity contribution in [2.45, 2.75) is 23.7 Å². The predicted octanol–water partition coefficient (Wildman–Crippen LogP) is 1.48. The molecule has 0 saturated carbocycles. The Bertz CT molecular complexity index is 866. The molecule has 2 heterocycles. The third-order valence-electron chi connectivity index (χ3n) is 3.98. The smallest absolute Gasteiger partial charge is 0.309 e. The summed E-state index contributed by atoms with van der Waals surface area (Å²) in [5.41, 5.74) is 0.190. The molecule has 1 aliphatic rings. The predicted molar refractivity (Wildman–Crippen MR) is 82.0 cm³/mol. The number of piperidine rings is 1. The van der Waals surface area contributed by atoms with Gasteiger partial charge in [0.1, 0.15) is 10.7 Å². The first-order chi connectivity index (χ1) is 11.0. The zero-order valence-corrected chi connectivity index (χ0v) is 13.1. The van der Waals surface area contributed by atoms with Crippen molar-refractivity contribution >= 4 is 10.0 Å². The molecule has 1 saturated heterocycles. The molecule has 1 aromatic carbocycles. The number of aromatic amines is 1. The van der Waals surface area contributed by atoms with Crippen LogP contribution in [0.15, 0.2) is 46.2 Å². The van der Waals surface area contributed by atoms with Gasteiger partial charge in [-0.25, -0.2) is 22.6 Å². The van der Waals surface area contributed by atoms with Crippen LogP contribution in [-0.2, 0) is 10.0 Å². The summed E-state index contributed by atoms with van der Waals surface area (Å²) in [4.78, 5) is 17.2. The molecule has 1 aromatic heterocycles. The van der Waals surface area contributed by atoms with Gasteiger partial charge in [-0.15, -0.1) is 0 Å². The van der Waals surface area contributed by atoms with Crippen molar-refractivity contribution in [3.8, 4) is 0 Å². The highest BCUT2D eigenvalue weighted by Gasteiger charge is 2.32. The van der Waals surface area contributed by atoms with Crippen molar-refractivity contribution < 1.29 is 12.8 Å². The lowest BCUT2D eigenvalue weighted by Gasteiger charge is -2.31. The lowest BCUT2D eigenvalue weighted by Crippen LogP contribution is -2.39. The van der Waals surface area contributed by atoms with Gasteiger partial charge in [0, 0.05) is 30.9 Å². The standard InChI is InChI=1S/C15H16FN3O3S/c16-12-5-1-2-6-14(12)23(21,22)19-9-3-4-11(10-19)13-7-8-17-15(20)18-13/h1-2,5-8,11H,3-4,9-10H2,(H,17,18,20)/t11-/m0/s1. The number of nitrogens with one attached hydrogen (secondary N) is 1. The Morgan fingerprint density at radius 2 is 2.04 bits per heavy atom. The molecule has 0 spiro atoms. The van der Waals surface area contributed by atoms with E-state index in [-0.39, 0.29) is 17.4 Å². The molecule has 1 N–H and O–H groups in total. The van der Waals surface area contributed by atoms with Crippen LogP contribution in [-0.4, -0.2) is 35.8 Å². The van der Waals surface area contributed by atoms with Crippen LogP contribution in [0.25, 0.3) is 0 Å². The van der Waals surface area contributed by atoms with Gasteiger partial charge in [-0.2, -0.15) is 4.31 Å². The van der Waals surface area contributed by atoms with E-state index in [9.17, 15) is 17.6 Å². The van der Waals surface area contributed by atoms with Crippen LogP contribution >= 0.6 is 0 Å². The van der Waals surface area contributed by atoms with Crippen LogP contribution in [0.5, 0.6) is 0 Å². The second-order valence-electron chi connectivity index (χ2n) is 5.46. The molecular weight excluding hydrogens is 321 g/mol. The largest absolute Gasteiger partial charge is 0.345 e. The second kappa shape index (κ2) is 6.21. The van der Waals surface area contributed by atoms with Crippen molar-refractivity contribution in [2.24, 2.45) is 0 Å². The van der Waals surface area contributed by atoms with Gasteiger partial charge in [-0.1, -0.05) is 12.1 Å². The molecule has 1 fully saturated rings. The molecule has 1 atom stereocenters. The van der Waals surface area contributed by atoms with Gasteiger partial charge in [-0.3, -0.25) is 0 Å². The average Bonchev–Trinajstić information content (AvgIpc) is 2.55. The zero-order chi connectivity index (χ0) is 16.4. The molecule has 0 bridgehead atoms. The number of halogens is 1. The lowest BCUT2D eigenvalue weighted by atomic mass is 9.96. The van der Waals surface area contributed by atoms with E-state index in [1.54, 1.807) is 6.07 Å². The van der Waals surface area contributed by atoms with Crippen LogP contribution in [0.1, 0.15) is 24.5 Å². The number of aromatic nitrogens is 2. The summed E-state index contributed by atoms with van der Waals surface area (Å²) < 4.78 is 40.4. The molecule has 6 nitrogen and oxygen atoms in total. The Labute approximate surface area is 133 Å². The summed E-state index contributed by atoms with van der Waals surface area (Å²) >= 11 is 0. The highest BCUT2D eigenvalue weighted by Crippen LogP contribution is 2.29. The Hall–Kier alpha value is -2.06. The van der Waals surface area contributed by atoms with Gasteiger partial charge >= 0.3 is 5.69 Å². The molecule has 122 valence electrons. The summed E-state index contributed by atoms with van der Waals surface area (Å²) in [6.07, 6.45) is 2.80. The van der Waals surface area contributed by atoms with Gasteiger partial charge in [-0.05, 0) is 31.0 Å². The number of sulfonamides is 1. The van der Waals surface area contributed by atoms with Gasteiger partial charge in [0.05, 0.1) is 0 Å².